The van der Waals surface area contributed by atoms with Crippen molar-refractivity contribution in [3.63, 3.8) is 0 Å². The summed E-state index contributed by atoms with van der Waals surface area (Å²) in [7, 11) is 0. The maximum atomic E-state index is 11.8. The first-order valence-electron chi connectivity index (χ1n) is 5.44. The van der Waals surface area contributed by atoms with Crippen LogP contribution in [0, 0.1) is 0 Å². The molecule has 2 aliphatic heterocycles. The van der Waals surface area contributed by atoms with E-state index in [1.807, 2.05) is 12.2 Å². The first kappa shape index (κ1) is 10.9. The average Bonchev–Trinajstić information content (AvgIpc) is 2.62. The van der Waals surface area contributed by atoms with Crippen molar-refractivity contribution in [1.29, 1.82) is 0 Å². The molecule has 0 atom stereocenters. The Balaban J connectivity index is 1.93. The Morgan fingerprint density at radius 2 is 1.88 bits per heavy atom. The van der Waals surface area contributed by atoms with E-state index in [2.05, 4.69) is 0 Å². The summed E-state index contributed by atoms with van der Waals surface area (Å²) in [5.41, 5.74) is 0. The van der Waals surface area contributed by atoms with Crippen LogP contribution in [0.2, 0.25) is 0 Å². The largest absolute Gasteiger partial charge is 0.337 e. The molecule has 16 heavy (non-hydrogen) atoms. The number of rotatable bonds is 2. The van der Waals surface area contributed by atoms with E-state index >= 15 is 0 Å². The molecular formula is C11H14N2O3. The van der Waals surface area contributed by atoms with Crippen molar-refractivity contribution in [1.82, 2.24) is 9.80 Å². The fourth-order valence-corrected chi connectivity index (χ4v) is 1.90. The molecule has 2 heterocycles. The number of hydrogen-bond donors (Lipinski definition) is 0. The van der Waals surface area contributed by atoms with E-state index in [1.165, 1.54) is 0 Å². The fourth-order valence-electron chi connectivity index (χ4n) is 1.90. The zero-order valence-corrected chi connectivity index (χ0v) is 9.02. The lowest BCUT2D eigenvalue weighted by atomic mass is 10.2. The molecule has 0 aliphatic carbocycles. The van der Waals surface area contributed by atoms with Gasteiger partial charge in [0, 0.05) is 25.9 Å². The molecule has 0 radical (unpaired) electrons. The molecule has 0 bridgehead atoms. The molecule has 2 rings (SSSR count). The molecule has 1 saturated heterocycles. The molecule has 5 heteroatoms. The van der Waals surface area contributed by atoms with Gasteiger partial charge < -0.3 is 4.90 Å². The van der Waals surface area contributed by atoms with Crippen molar-refractivity contribution >= 4 is 17.7 Å². The second kappa shape index (κ2) is 4.47. The van der Waals surface area contributed by atoms with Crippen LogP contribution in [0.25, 0.3) is 0 Å². The van der Waals surface area contributed by atoms with E-state index in [1.54, 1.807) is 4.90 Å². The van der Waals surface area contributed by atoms with Gasteiger partial charge in [-0.05, 0) is 6.42 Å². The van der Waals surface area contributed by atoms with E-state index < -0.39 is 0 Å². The quantitative estimate of drug-likeness (QED) is 0.485. The summed E-state index contributed by atoms with van der Waals surface area (Å²) >= 11 is 0. The van der Waals surface area contributed by atoms with Crippen molar-refractivity contribution in [3.05, 3.63) is 12.2 Å². The van der Waals surface area contributed by atoms with Gasteiger partial charge in [-0.1, -0.05) is 12.2 Å². The van der Waals surface area contributed by atoms with Crippen LogP contribution in [0.4, 0.5) is 0 Å². The van der Waals surface area contributed by atoms with Crippen molar-refractivity contribution < 1.29 is 14.4 Å². The maximum Gasteiger partial charge on any atom is 0.243 e. The number of carbonyl (C=O) groups excluding carboxylic acids is 3. The zero-order valence-electron chi connectivity index (χ0n) is 9.02. The second-order valence-electron chi connectivity index (χ2n) is 3.97. The molecule has 0 aromatic carbocycles. The van der Waals surface area contributed by atoms with Crippen LogP contribution in [-0.4, -0.2) is 47.2 Å². The normalized spacial score (nSPS) is 20.8. The van der Waals surface area contributed by atoms with Gasteiger partial charge in [-0.3, -0.25) is 19.3 Å². The van der Waals surface area contributed by atoms with Crippen LogP contribution in [0.1, 0.15) is 19.3 Å². The molecule has 0 saturated carbocycles. The standard InChI is InChI=1S/C11H14N2O3/c14-9-4-5-10(15)13(9)8-11(16)12-6-2-1-3-7-12/h1-2H,3-8H2. The highest BCUT2D eigenvalue weighted by atomic mass is 16.2. The number of likely N-dealkylation sites (tertiary alicyclic amines) is 1. The minimum atomic E-state index is -0.231. The molecule has 0 N–H and O–H groups in total. The summed E-state index contributed by atoms with van der Waals surface area (Å²) in [6, 6.07) is 0. The lowest BCUT2D eigenvalue weighted by Gasteiger charge is -2.25. The van der Waals surface area contributed by atoms with Crippen LogP contribution in [0.15, 0.2) is 12.2 Å². The average molecular weight is 222 g/mol. The highest BCUT2D eigenvalue weighted by Gasteiger charge is 2.31. The first-order chi connectivity index (χ1) is 7.68. The number of imide groups is 1. The van der Waals surface area contributed by atoms with Gasteiger partial charge in [-0.2, -0.15) is 0 Å². The minimum absolute atomic E-state index is 0.0918. The third-order valence-corrected chi connectivity index (χ3v) is 2.86. The van der Waals surface area contributed by atoms with Crippen LogP contribution in [0.5, 0.6) is 0 Å². The second-order valence-corrected chi connectivity index (χ2v) is 3.97. The van der Waals surface area contributed by atoms with Crippen molar-refractivity contribution in [2.45, 2.75) is 19.3 Å². The van der Waals surface area contributed by atoms with E-state index in [0.29, 0.717) is 13.1 Å². The molecule has 1 fully saturated rings. The zero-order chi connectivity index (χ0) is 11.5. The fraction of sp³-hybridized carbons (Fsp3) is 0.545. The van der Waals surface area contributed by atoms with Crippen molar-refractivity contribution in [3.8, 4) is 0 Å². The highest BCUT2D eigenvalue weighted by molar-refractivity contribution is 6.04. The highest BCUT2D eigenvalue weighted by Crippen LogP contribution is 2.12. The number of nitrogens with zero attached hydrogens (tertiary/aromatic N) is 2. The number of amides is 3. The van der Waals surface area contributed by atoms with E-state index in [9.17, 15) is 14.4 Å². The van der Waals surface area contributed by atoms with E-state index in [-0.39, 0.29) is 37.1 Å². The molecule has 5 nitrogen and oxygen atoms in total. The third kappa shape index (κ3) is 2.13. The number of hydrogen-bond acceptors (Lipinski definition) is 3. The summed E-state index contributed by atoms with van der Waals surface area (Å²) in [5.74, 6) is -0.607. The lowest BCUT2D eigenvalue weighted by molar-refractivity contribution is -0.145. The van der Waals surface area contributed by atoms with Gasteiger partial charge >= 0.3 is 0 Å². The SMILES string of the molecule is O=C(CN1C(=O)CCC1=O)N1CC=CCC1. The molecule has 86 valence electrons. The summed E-state index contributed by atoms with van der Waals surface area (Å²) < 4.78 is 0. The summed E-state index contributed by atoms with van der Waals surface area (Å²) in [6.45, 7) is 1.16. The van der Waals surface area contributed by atoms with Crippen LogP contribution >= 0.6 is 0 Å². The van der Waals surface area contributed by atoms with Crippen LogP contribution < -0.4 is 0 Å². The Kier molecular flexibility index (Phi) is 3.03. The number of carbonyl (C=O) groups is 3. The van der Waals surface area contributed by atoms with E-state index in [4.69, 9.17) is 0 Å². The summed E-state index contributed by atoms with van der Waals surface area (Å²) in [5, 5.41) is 0. The Morgan fingerprint density at radius 3 is 2.44 bits per heavy atom. The Morgan fingerprint density at radius 1 is 1.19 bits per heavy atom. The minimum Gasteiger partial charge on any atom is -0.337 e. The monoisotopic (exact) mass is 222 g/mol. The Hall–Kier alpha value is -1.65. The smallest absolute Gasteiger partial charge is 0.243 e. The van der Waals surface area contributed by atoms with Gasteiger partial charge in [0.05, 0.1) is 0 Å². The third-order valence-electron chi connectivity index (χ3n) is 2.86. The van der Waals surface area contributed by atoms with Gasteiger partial charge in [0.15, 0.2) is 0 Å². The van der Waals surface area contributed by atoms with Gasteiger partial charge in [-0.25, -0.2) is 0 Å². The molecule has 0 aromatic heterocycles. The topological polar surface area (TPSA) is 57.7 Å². The van der Waals surface area contributed by atoms with Crippen molar-refractivity contribution in [2.75, 3.05) is 19.6 Å². The molecule has 2 aliphatic rings. The predicted molar refractivity (Wildman–Crippen MR) is 56.3 cm³/mol. The van der Waals surface area contributed by atoms with Gasteiger partial charge in [0.25, 0.3) is 0 Å². The predicted octanol–water partition coefficient (Wildman–Crippen LogP) is -0.0761. The molecule has 0 unspecified atom stereocenters. The Labute approximate surface area is 93.7 Å². The summed E-state index contributed by atoms with van der Waals surface area (Å²) in [6.07, 6.45) is 5.27. The molecule has 3 amide bonds. The summed E-state index contributed by atoms with van der Waals surface area (Å²) in [4.78, 5) is 37.2. The molecular weight excluding hydrogens is 208 g/mol. The lowest BCUT2D eigenvalue weighted by Crippen LogP contribution is -2.43. The van der Waals surface area contributed by atoms with E-state index in [0.717, 1.165) is 11.3 Å². The van der Waals surface area contributed by atoms with Gasteiger partial charge in [-0.15, -0.1) is 0 Å². The van der Waals surface area contributed by atoms with Crippen molar-refractivity contribution in [2.24, 2.45) is 0 Å². The molecule has 0 aromatic rings. The Bertz CT molecular complexity index is 346. The maximum absolute atomic E-state index is 11.8. The van der Waals surface area contributed by atoms with Crippen LogP contribution in [-0.2, 0) is 14.4 Å². The van der Waals surface area contributed by atoms with Crippen LogP contribution in [0.3, 0.4) is 0 Å². The van der Waals surface area contributed by atoms with Gasteiger partial charge in [0.2, 0.25) is 17.7 Å². The molecule has 0 spiro atoms. The first-order valence-corrected chi connectivity index (χ1v) is 5.44. The van der Waals surface area contributed by atoms with Gasteiger partial charge in [0.1, 0.15) is 6.54 Å².